The van der Waals surface area contributed by atoms with Gasteiger partial charge in [0.05, 0.1) is 29.6 Å². The number of hydrogen-bond acceptors (Lipinski definition) is 8. The van der Waals surface area contributed by atoms with Gasteiger partial charge in [-0.1, -0.05) is 5.16 Å². The highest BCUT2D eigenvalue weighted by Gasteiger charge is 2.57. The molecule has 0 spiro atoms. The van der Waals surface area contributed by atoms with Crippen LogP contribution < -0.4 is 20.5 Å². The molecule has 0 unspecified atom stereocenters. The van der Waals surface area contributed by atoms with Gasteiger partial charge in [0, 0.05) is 22.3 Å². The van der Waals surface area contributed by atoms with E-state index in [4.69, 9.17) is 19.7 Å². The maximum Gasteiger partial charge on any atom is 0.424 e. The van der Waals surface area contributed by atoms with Crippen LogP contribution in [-0.2, 0) is 15.8 Å². The number of primary amides is 1. The molecular weight excluding hydrogens is 624 g/mol. The lowest BCUT2D eigenvalue weighted by Gasteiger charge is -2.31. The van der Waals surface area contributed by atoms with Crippen molar-refractivity contribution >= 4 is 11.8 Å². The molecule has 0 radical (unpaired) electrons. The Bertz CT molecular complexity index is 1870. The highest BCUT2D eigenvalue weighted by molar-refractivity contribution is 5.96. The van der Waals surface area contributed by atoms with E-state index >= 15 is 0 Å². The molecule has 2 atom stereocenters. The predicted molar refractivity (Wildman–Crippen MR) is 159 cm³/mol. The monoisotopic (exact) mass is 654 g/mol. The Hall–Kier alpha value is -4.98. The van der Waals surface area contributed by atoms with E-state index in [1.165, 1.54) is 31.2 Å². The minimum absolute atomic E-state index is 0.0112. The third kappa shape index (κ3) is 5.66. The molecule has 4 N–H and O–H groups in total. The Morgan fingerprint density at radius 1 is 1.13 bits per heavy atom. The molecule has 10 nitrogen and oxygen atoms in total. The van der Waals surface area contributed by atoms with Crippen molar-refractivity contribution in [3.63, 3.8) is 0 Å². The third-order valence-electron chi connectivity index (χ3n) is 8.49. The van der Waals surface area contributed by atoms with E-state index in [1.54, 1.807) is 19.9 Å². The topological polar surface area (TPSA) is 150 Å². The number of nitrogens with zero attached hydrogens (tertiary/aromatic N) is 2. The molecule has 4 aromatic rings. The number of carbonyl (C=O) groups excluding carboxylic acids is 2. The van der Waals surface area contributed by atoms with Gasteiger partial charge in [-0.3, -0.25) is 9.59 Å². The zero-order valence-electron chi connectivity index (χ0n) is 25.5. The summed E-state index contributed by atoms with van der Waals surface area (Å²) >= 11 is 0. The number of nitrogens with one attached hydrogen (secondary N) is 1. The number of fused-ring (bicyclic) bond motifs is 1. The molecule has 2 aliphatic rings. The summed E-state index contributed by atoms with van der Waals surface area (Å²) in [7, 11) is 0. The second kappa shape index (κ2) is 11.4. The molecule has 6 rings (SSSR count). The number of carbonyl (C=O) groups is 2. The smallest absolute Gasteiger partial charge is 0.424 e. The van der Waals surface area contributed by atoms with Crippen molar-refractivity contribution in [3.05, 3.63) is 82.6 Å². The number of aliphatic hydroxyl groups is 1. The van der Waals surface area contributed by atoms with Crippen LogP contribution in [0.5, 0.6) is 11.5 Å². The number of rotatable bonds is 9. The maximum atomic E-state index is 14.8. The molecule has 1 saturated carbocycles. The number of pyridine rings is 1. The Kier molecular flexibility index (Phi) is 7.74. The third-order valence-corrected chi connectivity index (χ3v) is 8.49. The van der Waals surface area contributed by atoms with Gasteiger partial charge < -0.3 is 30.2 Å². The summed E-state index contributed by atoms with van der Waals surface area (Å²) in [6.07, 6.45) is -3.63. The van der Waals surface area contributed by atoms with Gasteiger partial charge in [0.15, 0.2) is 0 Å². The average Bonchev–Trinajstić information content (AvgIpc) is 3.69. The molecule has 1 aliphatic carbocycles. The van der Waals surface area contributed by atoms with Crippen LogP contribution in [0.2, 0.25) is 0 Å². The average molecular weight is 655 g/mol. The highest BCUT2D eigenvalue weighted by Crippen LogP contribution is 2.48. The fourth-order valence-corrected chi connectivity index (χ4v) is 5.45. The van der Waals surface area contributed by atoms with Gasteiger partial charge in [0.1, 0.15) is 40.8 Å². The van der Waals surface area contributed by atoms with Gasteiger partial charge in [-0.2, -0.15) is 13.2 Å². The number of ether oxygens (including phenoxy) is 2. The molecule has 2 aromatic heterocycles. The zero-order chi connectivity index (χ0) is 33.9. The number of hydrogen-bond donors (Lipinski definition) is 3. The molecular formula is C33H30F4N4O6. The van der Waals surface area contributed by atoms with Crippen molar-refractivity contribution in [1.29, 1.82) is 0 Å². The van der Waals surface area contributed by atoms with Crippen molar-refractivity contribution in [2.24, 2.45) is 5.73 Å². The number of halogens is 4. The van der Waals surface area contributed by atoms with E-state index in [0.29, 0.717) is 28.3 Å². The Labute approximate surface area is 265 Å². The van der Waals surface area contributed by atoms with Gasteiger partial charge in [0.2, 0.25) is 11.5 Å². The van der Waals surface area contributed by atoms with Crippen molar-refractivity contribution in [2.75, 3.05) is 13.2 Å². The van der Waals surface area contributed by atoms with E-state index < -0.39 is 47.1 Å². The number of aromatic nitrogens is 2. The highest BCUT2D eigenvalue weighted by atomic mass is 19.4. The molecule has 1 fully saturated rings. The summed E-state index contributed by atoms with van der Waals surface area (Å²) in [4.78, 5) is 30.0. The van der Waals surface area contributed by atoms with Crippen LogP contribution in [0.3, 0.4) is 0 Å². The standard InChI is InChI=1S/C33H30F4N4O6/c1-16-26(17(2)47-41-16)22-12-19(6-11-24(22)46-21-9-10-21)29(42)39-14-32(44,33(35,36)37)25-13-23-28(45-15-31(23,3)30(38)43)27(40-25)18-4-7-20(34)8-5-18/h4-8,11-13,21,44H,9-10,14-15H2,1-3H3,(H2,38,43)(H,39,42)/t31-,32-/m0/s1. The number of alkyl halides is 3. The second-order valence-electron chi connectivity index (χ2n) is 12.0. The first-order chi connectivity index (χ1) is 22.1. The maximum absolute atomic E-state index is 14.8. The van der Waals surface area contributed by atoms with Crippen LogP contribution in [-0.4, -0.2) is 52.5 Å². The number of amides is 2. The Morgan fingerprint density at radius 3 is 2.43 bits per heavy atom. The Balaban J connectivity index is 1.39. The lowest BCUT2D eigenvalue weighted by atomic mass is 9.81. The van der Waals surface area contributed by atoms with E-state index in [0.717, 1.165) is 31.0 Å². The van der Waals surface area contributed by atoms with E-state index in [1.807, 2.05) is 0 Å². The van der Waals surface area contributed by atoms with Gasteiger partial charge in [-0.05, 0) is 82.1 Å². The summed E-state index contributed by atoms with van der Waals surface area (Å²) < 4.78 is 75.1. The van der Waals surface area contributed by atoms with Crippen molar-refractivity contribution in [2.45, 2.75) is 56.9 Å². The number of benzene rings is 2. The summed E-state index contributed by atoms with van der Waals surface area (Å²) in [5.74, 6) is -1.53. The van der Waals surface area contributed by atoms with Gasteiger partial charge in [0.25, 0.3) is 5.91 Å². The normalized spacial score (nSPS) is 18.6. The fourth-order valence-electron chi connectivity index (χ4n) is 5.45. The fraction of sp³-hybridized carbons (Fsp3) is 0.333. The Morgan fingerprint density at radius 2 is 1.83 bits per heavy atom. The van der Waals surface area contributed by atoms with Gasteiger partial charge in [-0.15, -0.1) is 0 Å². The molecule has 1 aliphatic heterocycles. The number of aryl methyl sites for hydroxylation is 2. The van der Waals surface area contributed by atoms with Crippen molar-refractivity contribution in [3.8, 4) is 33.9 Å². The quantitative estimate of drug-likeness (QED) is 0.213. The van der Waals surface area contributed by atoms with Crippen LogP contribution in [0.25, 0.3) is 22.4 Å². The molecule has 14 heteroatoms. The van der Waals surface area contributed by atoms with Crippen LogP contribution in [0, 0.1) is 19.7 Å². The summed E-state index contributed by atoms with van der Waals surface area (Å²) in [5, 5.41) is 17.5. The van der Waals surface area contributed by atoms with E-state index in [-0.39, 0.29) is 40.8 Å². The lowest BCUT2D eigenvalue weighted by molar-refractivity contribution is -0.265. The molecule has 47 heavy (non-hydrogen) atoms. The summed E-state index contributed by atoms with van der Waals surface area (Å²) in [6, 6.07) is 10.0. The SMILES string of the molecule is Cc1noc(C)c1-c1cc(C(=O)NC[C@](O)(c2cc3c(c(-c4ccc(F)cc4)n2)OC[C@]3(C)C(N)=O)C(F)(F)F)ccc1OC1CC1. The first-order valence-electron chi connectivity index (χ1n) is 14.7. The molecule has 2 amide bonds. The molecule has 3 heterocycles. The molecule has 2 aromatic carbocycles. The van der Waals surface area contributed by atoms with Gasteiger partial charge in [-0.25, -0.2) is 9.37 Å². The molecule has 0 saturated heterocycles. The summed E-state index contributed by atoms with van der Waals surface area (Å²) in [5.41, 5.74) is 0.886. The zero-order valence-corrected chi connectivity index (χ0v) is 25.5. The van der Waals surface area contributed by atoms with Crippen molar-refractivity contribution < 1.29 is 46.3 Å². The van der Waals surface area contributed by atoms with Crippen LogP contribution in [0.15, 0.2) is 53.1 Å². The van der Waals surface area contributed by atoms with Crippen LogP contribution in [0.1, 0.15) is 52.8 Å². The van der Waals surface area contributed by atoms with E-state index in [9.17, 15) is 32.3 Å². The van der Waals surface area contributed by atoms with Crippen LogP contribution in [0.4, 0.5) is 17.6 Å². The predicted octanol–water partition coefficient (Wildman–Crippen LogP) is 5.02. The second-order valence-corrected chi connectivity index (χ2v) is 12.0. The van der Waals surface area contributed by atoms with Crippen LogP contribution >= 0.6 is 0 Å². The largest absolute Gasteiger partial charge is 0.490 e. The minimum Gasteiger partial charge on any atom is -0.490 e. The van der Waals surface area contributed by atoms with Gasteiger partial charge >= 0.3 is 6.18 Å². The van der Waals surface area contributed by atoms with Crippen molar-refractivity contribution in [1.82, 2.24) is 15.5 Å². The molecule has 246 valence electrons. The molecule has 0 bridgehead atoms. The van der Waals surface area contributed by atoms with E-state index in [2.05, 4.69) is 15.5 Å². The minimum atomic E-state index is -5.37. The first-order valence-corrected chi connectivity index (χ1v) is 14.7. The first kappa shape index (κ1) is 32.0. The summed E-state index contributed by atoms with van der Waals surface area (Å²) in [6.45, 7) is 3.14. The number of nitrogens with two attached hydrogens (primary N) is 1. The lowest BCUT2D eigenvalue weighted by Crippen LogP contribution is -2.51.